The molecule has 6 heteroatoms. The van der Waals surface area contributed by atoms with Crippen molar-refractivity contribution in [1.29, 1.82) is 0 Å². The van der Waals surface area contributed by atoms with Crippen LogP contribution in [0.2, 0.25) is 5.02 Å². The first-order valence-electron chi connectivity index (χ1n) is 6.31. The summed E-state index contributed by atoms with van der Waals surface area (Å²) < 4.78 is 19.3. The Bertz CT molecular complexity index is 721. The molecular weight excluding hydrogens is 295 g/mol. The number of nitrogen functional groups attached to an aromatic ring is 1. The molecule has 108 valence electrons. The molecule has 1 aliphatic rings. The Labute approximate surface area is 125 Å². The molecule has 0 radical (unpaired) electrons. The SMILES string of the molecule is Nc1ccc2c(c1)N(Cc1ccc(Cl)cc1F)C(=O)CO2. The molecule has 0 aromatic heterocycles. The van der Waals surface area contributed by atoms with Crippen LogP contribution in [0.5, 0.6) is 5.75 Å². The minimum atomic E-state index is -0.452. The summed E-state index contributed by atoms with van der Waals surface area (Å²) >= 11 is 5.73. The van der Waals surface area contributed by atoms with Gasteiger partial charge in [0.25, 0.3) is 5.91 Å². The molecule has 0 atom stereocenters. The van der Waals surface area contributed by atoms with E-state index in [1.807, 2.05) is 0 Å². The predicted octanol–water partition coefficient (Wildman–Crippen LogP) is 2.99. The van der Waals surface area contributed by atoms with E-state index in [2.05, 4.69) is 0 Å². The quantitative estimate of drug-likeness (QED) is 0.868. The van der Waals surface area contributed by atoms with Crippen molar-refractivity contribution in [3.8, 4) is 5.75 Å². The van der Waals surface area contributed by atoms with Crippen LogP contribution in [0.25, 0.3) is 0 Å². The van der Waals surface area contributed by atoms with E-state index in [1.165, 1.54) is 11.0 Å². The molecule has 0 saturated heterocycles. The fourth-order valence-corrected chi connectivity index (χ4v) is 2.37. The van der Waals surface area contributed by atoms with E-state index in [0.29, 0.717) is 27.7 Å². The number of fused-ring (bicyclic) bond motifs is 1. The molecule has 21 heavy (non-hydrogen) atoms. The molecule has 1 heterocycles. The highest BCUT2D eigenvalue weighted by Crippen LogP contribution is 2.35. The Kier molecular flexibility index (Phi) is 3.43. The largest absolute Gasteiger partial charge is 0.482 e. The third kappa shape index (κ3) is 2.64. The normalized spacial score (nSPS) is 13.8. The Morgan fingerprint density at radius 2 is 2.10 bits per heavy atom. The van der Waals surface area contributed by atoms with Gasteiger partial charge >= 0.3 is 0 Å². The Balaban J connectivity index is 1.98. The summed E-state index contributed by atoms with van der Waals surface area (Å²) in [5.41, 5.74) is 7.18. The molecule has 0 spiro atoms. The molecule has 2 aromatic rings. The molecule has 4 nitrogen and oxygen atoms in total. The number of amides is 1. The Morgan fingerprint density at radius 1 is 1.29 bits per heavy atom. The van der Waals surface area contributed by atoms with Gasteiger partial charge < -0.3 is 15.4 Å². The maximum atomic E-state index is 13.9. The van der Waals surface area contributed by atoms with Crippen molar-refractivity contribution >= 4 is 28.9 Å². The van der Waals surface area contributed by atoms with Gasteiger partial charge in [0.05, 0.1) is 12.2 Å². The van der Waals surface area contributed by atoms with Crippen LogP contribution < -0.4 is 15.4 Å². The van der Waals surface area contributed by atoms with Gasteiger partial charge in [-0.15, -0.1) is 0 Å². The zero-order valence-corrected chi connectivity index (χ0v) is 11.7. The van der Waals surface area contributed by atoms with E-state index in [-0.39, 0.29) is 19.1 Å². The predicted molar refractivity (Wildman–Crippen MR) is 78.9 cm³/mol. The molecule has 3 rings (SSSR count). The lowest BCUT2D eigenvalue weighted by molar-refractivity contribution is -0.121. The number of halogens is 2. The molecule has 0 saturated carbocycles. The molecule has 1 aliphatic heterocycles. The number of nitrogens with two attached hydrogens (primary N) is 1. The standard InChI is InChI=1S/C15H12ClFN2O2/c16-10-2-1-9(12(17)5-10)7-19-13-6-11(18)3-4-14(13)21-8-15(19)20/h1-6H,7-8,18H2. The zero-order valence-electron chi connectivity index (χ0n) is 11.0. The van der Waals surface area contributed by atoms with Crippen molar-refractivity contribution in [3.05, 3.63) is 52.8 Å². The summed E-state index contributed by atoms with van der Waals surface area (Å²) in [6, 6.07) is 9.40. The summed E-state index contributed by atoms with van der Waals surface area (Å²) in [5, 5.41) is 0.314. The average Bonchev–Trinajstić information content (AvgIpc) is 2.44. The Morgan fingerprint density at radius 3 is 2.86 bits per heavy atom. The molecule has 2 aromatic carbocycles. The second-order valence-corrected chi connectivity index (χ2v) is 5.17. The number of carbonyl (C=O) groups excluding carboxylic acids is 1. The van der Waals surface area contributed by atoms with Crippen LogP contribution in [0.15, 0.2) is 36.4 Å². The Hall–Kier alpha value is -2.27. The number of hydrogen-bond donors (Lipinski definition) is 1. The van der Waals surface area contributed by atoms with E-state index in [1.54, 1.807) is 30.3 Å². The monoisotopic (exact) mass is 306 g/mol. The summed E-state index contributed by atoms with van der Waals surface area (Å²) in [4.78, 5) is 13.5. The van der Waals surface area contributed by atoms with Gasteiger partial charge in [-0.2, -0.15) is 0 Å². The van der Waals surface area contributed by atoms with Crippen molar-refractivity contribution in [2.75, 3.05) is 17.2 Å². The molecule has 1 amide bonds. The van der Waals surface area contributed by atoms with Crippen molar-refractivity contribution in [1.82, 2.24) is 0 Å². The topological polar surface area (TPSA) is 55.6 Å². The first kappa shape index (κ1) is 13.7. The van der Waals surface area contributed by atoms with Gasteiger partial charge in [-0.3, -0.25) is 4.79 Å². The fourth-order valence-electron chi connectivity index (χ4n) is 2.21. The fraction of sp³-hybridized carbons (Fsp3) is 0.133. The number of hydrogen-bond acceptors (Lipinski definition) is 3. The third-order valence-corrected chi connectivity index (χ3v) is 3.50. The van der Waals surface area contributed by atoms with Crippen LogP contribution in [-0.4, -0.2) is 12.5 Å². The van der Waals surface area contributed by atoms with Gasteiger partial charge in [0.1, 0.15) is 11.6 Å². The van der Waals surface area contributed by atoms with Crippen molar-refractivity contribution in [3.63, 3.8) is 0 Å². The lowest BCUT2D eigenvalue weighted by Crippen LogP contribution is -2.38. The number of nitrogens with zero attached hydrogens (tertiary/aromatic N) is 1. The number of benzene rings is 2. The summed E-state index contributed by atoms with van der Waals surface area (Å²) in [6.07, 6.45) is 0. The van der Waals surface area contributed by atoms with E-state index < -0.39 is 5.82 Å². The van der Waals surface area contributed by atoms with Crippen LogP contribution in [0.4, 0.5) is 15.8 Å². The van der Waals surface area contributed by atoms with Crippen molar-refractivity contribution in [2.24, 2.45) is 0 Å². The van der Waals surface area contributed by atoms with Gasteiger partial charge in [0.2, 0.25) is 0 Å². The highest BCUT2D eigenvalue weighted by molar-refractivity contribution is 6.30. The number of anilines is 2. The minimum Gasteiger partial charge on any atom is -0.482 e. The van der Waals surface area contributed by atoms with Gasteiger partial charge in [-0.05, 0) is 30.3 Å². The van der Waals surface area contributed by atoms with Gasteiger partial charge in [-0.1, -0.05) is 17.7 Å². The van der Waals surface area contributed by atoms with E-state index >= 15 is 0 Å². The maximum Gasteiger partial charge on any atom is 0.265 e. The summed E-state index contributed by atoms with van der Waals surface area (Å²) in [7, 11) is 0. The van der Waals surface area contributed by atoms with Gasteiger partial charge in [-0.25, -0.2) is 4.39 Å². The number of rotatable bonds is 2. The molecular formula is C15H12ClFN2O2. The maximum absolute atomic E-state index is 13.9. The molecule has 2 N–H and O–H groups in total. The van der Waals surface area contributed by atoms with Gasteiger partial charge in [0.15, 0.2) is 6.61 Å². The van der Waals surface area contributed by atoms with E-state index in [4.69, 9.17) is 22.1 Å². The highest BCUT2D eigenvalue weighted by Gasteiger charge is 2.26. The minimum absolute atomic E-state index is 0.0773. The van der Waals surface area contributed by atoms with E-state index in [0.717, 1.165) is 0 Å². The average molecular weight is 307 g/mol. The second kappa shape index (κ2) is 5.26. The molecule has 0 bridgehead atoms. The summed E-state index contributed by atoms with van der Waals surface area (Å²) in [5.74, 6) is -0.145. The molecule has 0 fully saturated rings. The van der Waals surface area contributed by atoms with Crippen LogP contribution in [0, 0.1) is 5.82 Å². The third-order valence-electron chi connectivity index (χ3n) is 3.27. The van der Waals surface area contributed by atoms with Crippen LogP contribution in [-0.2, 0) is 11.3 Å². The molecule has 0 unspecified atom stereocenters. The number of ether oxygens (including phenoxy) is 1. The zero-order chi connectivity index (χ0) is 15.0. The first-order valence-corrected chi connectivity index (χ1v) is 6.69. The molecule has 0 aliphatic carbocycles. The highest BCUT2D eigenvalue weighted by atomic mass is 35.5. The van der Waals surface area contributed by atoms with Crippen LogP contribution in [0.1, 0.15) is 5.56 Å². The first-order chi connectivity index (χ1) is 10.0. The van der Waals surface area contributed by atoms with Crippen LogP contribution in [0.3, 0.4) is 0 Å². The van der Waals surface area contributed by atoms with Crippen LogP contribution >= 0.6 is 11.6 Å². The van der Waals surface area contributed by atoms with Crippen molar-refractivity contribution in [2.45, 2.75) is 6.54 Å². The van der Waals surface area contributed by atoms with Crippen molar-refractivity contribution < 1.29 is 13.9 Å². The smallest absolute Gasteiger partial charge is 0.265 e. The summed E-state index contributed by atoms with van der Waals surface area (Å²) in [6.45, 7) is 0.0216. The second-order valence-electron chi connectivity index (χ2n) is 4.73. The lowest BCUT2D eigenvalue weighted by atomic mass is 10.1. The van der Waals surface area contributed by atoms with E-state index in [9.17, 15) is 9.18 Å². The number of carbonyl (C=O) groups is 1. The lowest BCUT2D eigenvalue weighted by Gasteiger charge is -2.29. The van der Waals surface area contributed by atoms with Gasteiger partial charge in [0, 0.05) is 16.3 Å².